The maximum atomic E-state index is 9.12. The van der Waals surface area contributed by atoms with Crippen molar-refractivity contribution in [2.75, 3.05) is 13.2 Å². The van der Waals surface area contributed by atoms with E-state index in [4.69, 9.17) is 9.84 Å². The van der Waals surface area contributed by atoms with Crippen LogP contribution in [0.3, 0.4) is 0 Å². The van der Waals surface area contributed by atoms with Crippen molar-refractivity contribution in [3.8, 4) is 0 Å². The maximum Gasteiger partial charge on any atom is 0.0717 e. The van der Waals surface area contributed by atoms with Gasteiger partial charge in [-0.3, -0.25) is 0 Å². The molecule has 2 N–H and O–H groups in total. The van der Waals surface area contributed by atoms with Gasteiger partial charge in [-0.25, -0.2) is 0 Å². The van der Waals surface area contributed by atoms with Gasteiger partial charge in [0.2, 0.25) is 0 Å². The van der Waals surface area contributed by atoms with Crippen LogP contribution >= 0.6 is 0 Å². The summed E-state index contributed by atoms with van der Waals surface area (Å²) >= 11 is 0. The molecule has 0 spiro atoms. The van der Waals surface area contributed by atoms with Crippen molar-refractivity contribution < 1.29 is 9.84 Å². The third-order valence-corrected chi connectivity index (χ3v) is 2.53. The molecule has 0 aliphatic rings. The fourth-order valence-electron chi connectivity index (χ4n) is 1.53. The van der Waals surface area contributed by atoms with Crippen LogP contribution in [-0.2, 0) is 11.3 Å². The van der Waals surface area contributed by atoms with E-state index in [1.807, 2.05) is 18.2 Å². The third-order valence-electron chi connectivity index (χ3n) is 2.53. The first-order valence-electron chi connectivity index (χ1n) is 6.21. The minimum Gasteiger partial charge on any atom is -0.393 e. The molecule has 0 bridgehead atoms. The maximum absolute atomic E-state index is 9.12. The van der Waals surface area contributed by atoms with Crippen LogP contribution in [0.15, 0.2) is 30.3 Å². The van der Waals surface area contributed by atoms with Crippen molar-refractivity contribution in [3.05, 3.63) is 35.9 Å². The molecule has 0 aromatic heterocycles. The van der Waals surface area contributed by atoms with Crippen molar-refractivity contribution >= 4 is 0 Å². The molecule has 0 fully saturated rings. The number of ether oxygens (including phenoxy) is 1. The van der Waals surface area contributed by atoms with Gasteiger partial charge in [0.1, 0.15) is 0 Å². The summed E-state index contributed by atoms with van der Waals surface area (Å²) in [5.41, 5.74) is 1.20. The number of nitrogens with one attached hydrogen (secondary N) is 1. The highest BCUT2D eigenvalue weighted by molar-refractivity contribution is 5.13. The topological polar surface area (TPSA) is 41.5 Å². The molecule has 2 atom stereocenters. The molecule has 1 rings (SSSR count). The highest BCUT2D eigenvalue weighted by atomic mass is 16.5. The quantitative estimate of drug-likeness (QED) is 0.726. The van der Waals surface area contributed by atoms with Gasteiger partial charge in [0.15, 0.2) is 0 Å². The lowest BCUT2D eigenvalue weighted by Crippen LogP contribution is -2.32. The Bertz CT molecular complexity index is 288. The zero-order valence-electron chi connectivity index (χ0n) is 10.7. The van der Waals surface area contributed by atoms with Crippen LogP contribution in [-0.4, -0.2) is 30.4 Å². The van der Waals surface area contributed by atoms with E-state index in [1.165, 1.54) is 5.56 Å². The third kappa shape index (κ3) is 7.10. The first kappa shape index (κ1) is 14.2. The molecule has 96 valence electrons. The molecule has 0 amide bonds. The molecule has 0 saturated heterocycles. The molecular formula is C14H23NO2. The Kier molecular flexibility index (Phi) is 6.86. The number of rotatable bonds is 8. The SMILES string of the molecule is CC(O)CCNC(C)COCc1ccccc1. The molecule has 0 aliphatic carbocycles. The number of hydrogen-bond acceptors (Lipinski definition) is 3. The summed E-state index contributed by atoms with van der Waals surface area (Å²) in [5, 5.41) is 12.4. The van der Waals surface area contributed by atoms with Gasteiger partial charge in [-0.2, -0.15) is 0 Å². The van der Waals surface area contributed by atoms with E-state index in [9.17, 15) is 0 Å². The van der Waals surface area contributed by atoms with Crippen LogP contribution in [0.2, 0.25) is 0 Å². The van der Waals surface area contributed by atoms with Gasteiger partial charge in [-0.1, -0.05) is 30.3 Å². The van der Waals surface area contributed by atoms with Gasteiger partial charge < -0.3 is 15.2 Å². The predicted molar refractivity (Wildman–Crippen MR) is 69.9 cm³/mol. The number of aliphatic hydroxyl groups is 1. The number of hydrogen-bond donors (Lipinski definition) is 2. The summed E-state index contributed by atoms with van der Waals surface area (Å²) in [7, 11) is 0. The molecule has 1 aromatic carbocycles. The van der Waals surface area contributed by atoms with Gasteiger partial charge in [-0.05, 0) is 32.4 Å². The van der Waals surface area contributed by atoms with E-state index >= 15 is 0 Å². The summed E-state index contributed by atoms with van der Waals surface area (Å²) in [5.74, 6) is 0. The van der Waals surface area contributed by atoms with Crippen LogP contribution in [0.25, 0.3) is 0 Å². The lowest BCUT2D eigenvalue weighted by molar-refractivity contribution is 0.101. The Hall–Kier alpha value is -0.900. The summed E-state index contributed by atoms with van der Waals surface area (Å²) in [6.07, 6.45) is 0.545. The smallest absolute Gasteiger partial charge is 0.0717 e. The first-order valence-corrected chi connectivity index (χ1v) is 6.21. The van der Waals surface area contributed by atoms with Gasteiger partial charge in [0.05, 0.1) is 19.3 Å². The fraction of sp³-hybridized carbons (Fsp3) is 0.571. The highest BCUT2D eigenvalue weighted by Crippen LogP contribution is 2.00. The van der Waals surface area contributed by atoms with Crippen molar-refractivity contribution in [1.82, 2.24) is 5.32 Å². The van der Waals surface area contributed by atoms with Crippen molar-refractivity contribution in [3.63, 3.8) is 0 Å². The Labute approximate surface area is 104 Å². The second-order valence-corrected chi connectivity index (χ2v) is 4.49. The Morgan fingerprint density at radius 2 is 1.94 bits per heavy atom. The molecule has 0 heterocycles. The van der Waals surface area contributed by atoms with Crippen LogP contribution in [0.1, 0.15) is 25.8 Å². The first-order chi connectivity index (χ1) is 8.18. The van der Waals surface area contributed by atoms with E-state index in [-0.39, 0.29) is 6.10 Å². The molecule has 3 nitrogen and oxygen atoms in total. The Morgan fingerprint density at radius 3 is 2.59 bits per heavy atom. The lowest BCUT2D eigenvalue weighted by atomic mass is 10.2. The molecule has 1 aromatic rings. The average Bonchev–Trinajstić information content (AvgIpc) is 2.30. The minimum atomic E-state index is -0.236. The zero-order chi connectivity index (χ0) is 12.5. The van der Waals surface area contributed by atoms with Gasteiger partial charge in [0, 0.05) is 6.04 Å². The van der Waals surface area contributed by atoms with Gasteiger partial charge in [0.25, 0.3) is 0 Å². The second-order valence-electron chi connectivity index (χ2n) is 4.49. The molecule has 0 aliphatic heterocycles. The van der Waals surface area contributed by atoms with E-state index in [1.54, 1.807) is 6.92 Å². The Morgan fingerprint density at radius 1 is 1.24 bits per heavy atom. The summed E-state index contributed by atoms with van der Waals surface area (Å²) in [6, 6.07) is 10.5. The van der Waals surface area contributed by atoms with Crippen molar-refractivity contribution in [2.45, 2.75) is 39.0 Å². The largest absolute Gasteiger partial charge is 0.393 e. The molecule has 2 unspecified atom stereocenters. The minimum absolute atomic E-state index is 0.236. The highest BCUT2D eigenvalue weighted by Gasteiger charge is 2.02. The standard InChI is InChI=1S/C14H23NO2/c1-12(15-9-8-13(2)16)10-17-11-14-6-4-3-5-7-14/h3-7,12-13,15-16H,8-11H2,1-2H3. The summed E-state index contributed by atoms with van der Waals surface area (Å²) in [4.78, 5) is 0. The summed E-state index contributed by atoms with van der Waals surface area (Å²) in [6.45, 7) is 6.07. The van der Waals surface area contributed by atoms with Crippen LogP contribution in [0.4, 0.5) is 0 Å². The van der Waals surface area contributed by atoms with Gasteiger partial charge >= 0.3 is 0 Å². The predicted octanol–water partition coefficient (Wildman–Crippen LogP) is 1.95. The molecule has 0 saturated carbocycles. The molecule has 0 radical (unpaired) electrons. The normalized spacial score (nSPS) is 14.5. The molecule has 17 heavy (non-hydrogen) atoms. The lowest BCUT2D eigenvalue weighted by Gasteiger charge is -2.14. The van der Waals surface area contributed by atoms with Crippen LogP contribution < -0.4 is 5.32 Å². The van der Waals surface area contributed by atoms with E-state index in [0.717, 1.165) is 13.0 Å². The van der Waals surface area contributed by atoms with E-state index < -0.39 is 0 Å². The van der Waals surface area contributed by atoms with Crippen molar-refractivity contribution in [1.29, 1.82) is 0 Å². The number of aliphatic hydroxyl groups excluding tert-OH is 1. The van der Waals surface area contributed by atoms with E-state index in [2.05, 4.69) is 24.4 Å². The summed E-state index contributed by atoms with van der Waals surface area (Å²) < 4.78 is 5.61. The Balaban J connectivity index is 2.06. The molecule has 3 heteroatoms. The average molecular weight is 237 g/mol. The number of benzene rings is 1. The fourth-order valence-corrected chi connectivity index (χ4v) is 1.53. The van der Waals surface area contributed by atoms with Gasteiger partial charge in [-0.15, -0.1) is 0 Å². The van der Waals surface area contributed by atoms with Crippen molar-refractivity contribution in [2.24, 2.45) is 0 Å². The monoisotopic (exact) mass is 237 g/mol. The van der Waals surface area contributed by atoms with E-state index in [0.29, 0.717) is 19.3 Å². The van der Waals surface area contributed by atoms with Crippen LogP contribution in [0, 0.1) is 0 Å². The molecular weight excluding hydrogens is 214 g/mol. The second kappa shape index (κ2) is 8.23. The van der Waals surface area contributed by atoms with Crippen LogP contribution in [0.5, 0.6) is 0 Å². The zero-order valence-corrected chi connectivity index (χ0v) is 10.7.